The molecule has 2 heterocycles. The summed E-state index contributed by atoms with van der Waals surface area (Å²) in [5.74, 6) is 0.498. The first kappa shape index (κ1) is 15.5. The summed E-state index contributed by atoms with van der Waals surface area (Å²) in [6.45, 7) is 0. The van der Waals surface area contributed by atoms with Crippen LogP contribution in [0.5, 0.6) is 5.75 Å². The topological polar surface area (TPSA) is 56.5 Å². The molecule has 2 aromatic heterocycles. The van der Waals surface area contributed by atoms with E-state index in [1.54, 1.807) is 25.3 Å². The van der Waals surface area contributed by atoms with Gasteiger partial charge in [-0.3, -0.25) is 4.79 Å². The lowest BCUT2D eigenvalue weighted by Gasteiger charge is -2.04. The molecule has 2 aromatic carbocycles. The summed E-state index contributed by atoms with van der Waals surface area (Å²) < 4.78 is 20.5. The van der Waals surface area contributed by atoms with Gasteiger partial charge in [0.15, 0.2) is 5.82 Å². The molecule has 0 radical (unpaired) electrons. The van der Waals surface area contributed by atoms with E-state index >= 15 is 0 Å². The summed E-state index contributed by atoms with van der Waals surface area (Å²) in [6.07, 6.45) is 0. The lowest BCUT2D eigenvalue weighted by molar-refractivity contribution is 0.415. The molecule has 0 bridgehead atoms. The molecule has 5 nitrogen and oxygen atoms in total. The number of hydrogen-bond acceptors (Lipinski definition) is 5. The lowest BCUT2D eigenvalue weighted by Crippen LogP contribution is -2.12. The van der Waals surface area contributed by atoms with Crippen molar-refractivity contribution in [2.24, 2.45) is 0 Å². The second-order valence-electron chi connectivity index (χ2n) is 5.30. The van der Waals surface area contributed by atoms with Gasteiger partial charge < -0.3 is 4.74 Å². The van der Waals surface area contributed by atoms with Crippen LogP contribution in [0, 0.1) is 5.82 Å². The Labute approximate surface area is 146 Å². The molecule has 0 aliphatic heterocycles. The van der Waals surface area contributed by atoms with Crippen LogP contribution < -0.4 is 10.3 Å². The number of hydrogen-bond donors (Lipinski definition) is 0. The molecule has 25 heavy (non-hydrogen) atoms. The van der Waals surface area contributed by atoms with Crippen LogP contribution in [0.15, 0.2) is 59.4 Å². The maximum atomic E-state index is 14.0. The smallest absolute Gasteiger partial charge is 0.260 e. The van der Waals surface area contributed by atoms with Crippen molar-refractivity contribution in [3.8, 4) is 27.6 Å². The van der Waals surface area contributed by atoms with Crippen molar-refractivity contribution >= 4 is 16.3 Å². The third-order valence-electron chi connectivity index (χ3n) is 3.80. The second-order valence-corrected chi connectivity index (χ2v) is 6.31. The number of benzene rings is 2. The Morgan fingerprint density at radius 2 is 1.84 bits per heavy atom. The minimum absolute atomic E-state index is 0.204. The van der Waals surface area contributed by atoms with E-state index in [9.17, 15) is 9.18 Å². The molecule has 0 atom stereocenters. The van der Waals surface area contributed by atoms with Crippen LogP contribution in [0.25, 0.3) is 26.8 Å². The Bertz CT molecular complexity index is 1120. The average molecular weight is 353 g/mol. The molecule has 0 fully saturated rings. The Balaban J connectivity index is 1.87. The molecule has 0 unspecified atom stereocenters. The van der Waals surface area contributed by atoms with Gasteiger partial charge in [-0.05, 0) is 42.0 Å². The highest BCUT2D eigenvalue weighted by atomic mass is 32.1. The third-order valence-corrected chi connectivity index (χ3v) is 4.82. The first-order chi connectivity index (χ1) is 12.2. The molecule has 0 saturated heterocycles. The third kappa shape index (κ3) is 2.68. The first-order valence-corrected chi connectivity index (χ1v) is 8.27. The van der Waals surface area contributed by atoms with Gasteiger partial charge >= 0.3 is 0 Å². The fourth-order valence-corrected chi connectivity index (χ4v) is 3.51. The molecule has 4 aromatic rings. The van der Waals surface area contributed by atoms with Gasteiger partial charge in [0.1, 0.15) is 11.6 Å². The van der Waals surface area contributed by atoms with Gasteiger partial charge in [-0.1, -0.05) is 23.5 Å². The van der Waals surface area contributed by atoms with Gasteiger partial charge in [0.05, 0.1) is 12.7 Å². The van der Waals surface area contributed by atoms with Crippen LogP contribution in [0.4, 0.5) is 4.39 Å². The molecule has 4 rings (SSSR count). The van der Waals surface area contributed by atoms with Crippen molar-refractivity contribution in [2.45, 2.75) is 0 Å². The standard InChI is InChI=1S/C18H12FN3O2S/c1-24-12-8-6-11(7-9-12)15-10-16(23)22-17(20-21-18(22)25-15)13-4-2-3-5-14(13)19/h2-10H,1H3. The molecular formula is C18H12FN3O2S. The van der Waals surface area contributed by atoms with Crippen molar-refractivity contribution in [1.29, 1.82) is 0 Å². The molecule has 0 N–H and O–H groups in total. The molecule has 7 heteroatoms. The zero-order valence-corrected chi connectivity index (χ0v) is 14.0. The van der Waals surface area contributed by atoms with Gasteiger partial charge in [0.25, 0.3) is 5.56 Å². The van der Waals surface area contributed by atoms with Gasteiger partial charge in [-0.2, -0.15) is 0 Å². The Morgan fingerprint density at radius 3 is 2.56 bits per heavy atom. The van der Waals surface area contributed by atoms with E-state index in [0.29, 0.717) is 4.96 Å². The molecule has 0 saturated carbocycles. The fourth-order valence-electron chi connectivity index (χ4n) is 2.55. The maximum absolute atomic E-state index is 14.0. The van der Waals surface area contributed by atoms with Crippen LogP contribution in [0.2, 0.25) is 0 Å². The molecule has 0 aliphatic carbocycles. The van der Waals surface area contributed by atoms with Crippen molar-refractivity contribution in [3.05, 3.63) is 70.8 Å². The number of aromatic nitrogens is 3. The van der Waals surface area contributed by atoms with Crippen molar-refractivity contribution in [1.82, 2.24) is 14.6 Å². The number of fused-ring (bicyclic) bond motifs is 1. The van der Waals surface area contributed by atoms with Crippen LogP contribution in [0.1, 0.15) is 0 Å². The van der Waals surface area contributed by atoms with Gasteiger partial charge in [-0.15, -0.1) is 10.2 Å². The van der Waals surface area contributed by atoms with Crippen LogP contribution >= 0.6 is 11.3 Å². The molecule has 0 spiro atoms. The van der Waals surface area contributed by atoms with Gasteiger partial charge in [-0.25, -0.2) is 8.79 Å². The SMILES string of the molecule is COc1ccc(-c2cc(=O)n3c(-c4ccccc4F)nnc3s2)cc1. The van der Waals surface area contributed by atoms with Crippen molar-refractivity contribution in [3.63, 3.8) is 0 Å². The molecular weight excluding hydrogens is 341 g/mol. The van der Waals surface area contributed by atoms with Crippen LogP contribution in [-0.2, 0) is 0 Å². The number of rotatable bonds is 3. The van der Waals surface area contributed by atoms with E-state index in [4.69, 9.17) is 4.74 Å². The highest BCUT2D eigenvalue weighted by Crippen LogP contribution is 2.28. The minimum atomic E-state index is -0.444. The van der Waals surface area contributed by atoms with E-state index in [2.05, 4.69) is 10.2 Å². The van der Waals surface area contributed by atoms with Crippen LogP contribution in [0.3, 0.4) is 0 Å². The quantitative estimate of drug-likeness (QED) is 0.564. The summed E-state index contributed by atoms with van der Waals surface area (Å²) in [7, 11) is 1.60. The second kappa shape index (κ2) is 6.10. The number of ether oxygens (including phenoxy) is 1. The highest BCUT2D eigenvalue weighted by molar-refractivity contribution is 7.19. The fraction of sp³-hybridized carbons (Fsp3) is 0.0556. The molecule has 0 aliphatic rings. The predicted octanol–water partition coefficient (Wildman–Crippen LogP) is 3.63. The summed E-state index contributed by atoms with van der Waals surface area (Å²) in [5, 5.41) is 8.07. The Hall–Kier alpha value is -3.06. The van der Waals surface area contributed by atoms with E-state index in [1.165, 1.54) is 27.9 Å². The summed E-state index contributed by atoms with van der Waals surface area (Å²) in [4.78, 5) is 13.8. The summed E-state index contributed by atoms with van der Waals surface area (Å²) in [6, 6.07) is 15.1. The molecule has 124 valence electrons. The minimum Gasteiger partial charge on any atom is -0.497 e. The monoisotopic (exact) mass is 353 g/mol. The van der Waals surface area contributed by atoms with E-state index in [1.807, 2.05) is 24.3 Å². The van der Waals surface area contributed by atoms with E-state index < -0.39 is 5.82 Å². The van der Waals surface area contributed by atoms with E-state index in [-0.39, 0.29) is 16.9 Å². The summed E-state index contributed by atoms with van der Waals surface area (Å²) >= 11 is 1.32. The number of nitrogens with zero attached hydrogens (tertiary/aromatic N) is 3. The van der Waals surface area contributed by atoms with Gasteiger partial charge in [0, 0.05) is 10.9 Å². The highest BCUT2D eigenvalue weighted by Gasteiger charge is 2.16. The Morgan fingerprint density at radius 1 is 1.08 bits per heavy atom. The lowest BCUT2D eigenvalue weighted by atomic mass is 10.2. The van der Waals surface area contributed by atoms with Crippen molar-refractivity contribution in [2.75, 3.05) is 7.11 Å². The largest absolute Gasteiger partial charge is 0.497 e. The predicted molar refractivity (Wildman–Crippen MR) is 94.5 cm³/mol. The maximum Gasteiger partial charge on any atom is 0.260 e. The van der Waals surface area contributed by atoms with E-state index in [0.717, 1.165) is 16.2 Å². The summed E-state index contributed by atoms with van der Waals surface area (Å²) in [5.41, 5.74) is 0.820. The zero-order chi connectivity index (χ0) is 17.4. The normalized spacial score (nSPS) is 11.0. The van der Waals surface area contributed by atoms with Crippen molar-refractivity contribution < 1.29 is 9.13 Å². The number of methoxy groups -OCH3 is 1. The first-order valence-electron chi connectivity index (χ1n) is 7.46. The van der Waals surface area contributed by atoms with Gasteiger partial charge in [0.2, 0.25) is 4.96 Å². The average Bonchev–Trinajstić information content (AvgIpc) is 3.06. The zero-order valence-electron chi connectivity index (χ0n) is 13.1. The Kier molecular flexibility index (Phi) is 3.77. The van der Waals surface area contributed by atoms with Crippen LogP contribution in [-0.4, -0.2) is 21.7 Å². The number of halogens is 1. The molecule has 0 amide bonds.